The first-order valence-electron chi connectivity index (χ1n) is 7.42. The number of benzene rings is 1. The maximum atomic E-state index is 12.0. The van der Waals surface area contributed by atoms with E-state index in [1.54, 1.807) is 13.8 Å². The van der Waals surface area contributed by atoms with Crippen molar-refractivity contribution < 1.29 is 8.42 Å². The van der Waals surface area contributed by atoms with E-state index < -0.39 is 9.84 Å². The van der Waals surface area contributed by atoms with Crippen molar-refractivity contribution in [3.63, 3.8) is 0 Å². The lowest BCUT2D eigenvalue weighted by atomic mass is 9.96. The summed E-state index contributed by atoms with van der Waals surface area (Å²) in [4.78, 5) is 0. The van der Waals surface area contributed by atoms with Crippen LogP contribution < -0.4 is 5.32 Å². The van der Waals surface area contributed by atoms with E-state index in [9.17, 15) is 8.42 Å². The molecular weight excluding hydrogens is 306 g/mol. The van der Waals surface area contributed by atoms with E-state index in [0.717, 1.165) is 12.1 Å². The molecule has 1 rings (SSSR count). The standard InChI is InChI=1S/C16H26ClNO2S/c1-12(2)18-11-15(9-10-21(19,20)13(3)4)14-5-7-16(17)8-6-14/h5-8,12-13,15,18H,9-11H2,1-4H3. The lowest BCUT2D eigenvalue weighted by Gasteiger charge is -2.20. The zero-order valence-electron chi connectivity index (χ0n) is 13.3. The summed E-state index contributed by atoms with van der Waals surface area (Å²) in [5.41, 5.74) is 1.13. The molecule has 0 amide bonds. The average molecular weight is 332 g/mol. The van der Waals surface area contributed by atoms with Crippen molar-refractivity contribution >= 4 is 21.4 Å². The number of halogens is 1. The average Bonchev–Trinajstić information content (AvgIpc) is 2.39. The minimum absolute atomic E-state index is 0.179. The summed E-state index contributed by atoms with van der Waals surface area (Å²) in [5, 5.41) is 3.78. The van der Waals surface area contributed by atoms with Crippen molar-refractivity contribution in [2.45, 2.75) is 51.3 Å². The predicted molar refractivity (Wildman–Crippen MR) is 90.9 cm³/mol. The molecule has 21 heavy (non-hydrogen) atoms. The van der Waals surface area contributed by atoms with Crippen LogP contribution >= 0.6 is 11.6 Å². The Balaban J connectivity index is 2.80. The Morgan fingerprint density at radius 2 is 1.67 bits per heavy atom. The molecule has 0 aromatic heterocycles. The Kier molecular flexibility index (Phi) is 7.17. The van der Waals surface area contributed by atoms with E-state index in [4.69, 9.17) is 11.6 Å². The molecule has 0 aliphatic rings. The van der Waals surface area contributed by atoms with Crippen LogP contribution in [0.2, 0.25) is 5.02 Å². The Bertz CT molecular complexity index is 524. The SMILES string of the molecule is CC(C)NCC(CCS(=O)(=O)C(C)C)c1ccc(Cl)cc1. The quantitative estimate of drug-likeness (QED) is 0.791. The number of hydrogen-bond acceptors (Lipinski definition) is 3. The van der Waals surface area contributed by atoms with E-state index in [0.29, 0.717) is 17.5 Å². The van der Waals surface area contributed by atoms with Gasteiger partial charge >= 0.3 is 0 Å². The molecule has 1 unspecified atom stereocenters. The largest absolute Gasteiger partial charge is 0.314 e. The van der Waals surface area contributed by atoms with E-state index in [1.807, 2.05) is 24.3 Å². The number of nitrogens with one attached hydrogen (secondary N) is 1. The Morgan fingerprint density at radius 3 is 2.14 bits per heavy atom. The molecule has 0 radical (unpaired) electrons. The summed E-state index contributed by atoms with van der Waals surface area (Å²) in [6.07, 6.45) is 0.627. The van der Waals surface area contributed by atoms with E-state index in [-0.39, 0.29) is 16.9 Å². The first-order valence-corrected chi connectivity index (χ1v) is 9.52. The molecule has 0 saturated carbocycles. The summed E-state index contributed by atoms with van der Waals surface area (Å²) in [5.74, 6) is 0.399. The third-order valence-corrected chi connectivity index (χ3v) is 6.08. The number of rotatable bonds is 8. The molecule has 0 aliphatic carbocycles. The summed E-state index contributed by atoms with van der Waals surface area (Å²) in [6.45, 7) is 8.42. The molecule has 0 saturated heterocycles. The predicted octanol–water partition coefficient (Wildman–Crippen LogP) is 3.63. The van der Waals surface area contributed by atoms with E-state index >= 15 is 0 Å². The van der Waals surface area contributed by atoms with Crippen LogP contribution in [-0.2, 0) is 9.84 Å². The first kappa shape index (κ1) is 18.5. The maximum Gasteiger partial charge on any atom is 0.152 e. The minimum atomic E-state index is -3.00. The zero-order valence-corrected chi connectivity index (χ0v) is 14.8. The second kappa shape index (κ2) is 8.16. The zero-order chi connectivity index (χ0) is 16.0. The molecule has 0 bridgehead atoms. The van der Waals surface area contributed by atoms with Gasteiger partial charge in [-0.3, -0.25) is 0 Å². The molecule has 0 fully saturated rings. The molecule has 1 N–H and O–H groups in total. The van der Waals surface area contributed by atoms with Crippen LogP contribution in [0.4, 0.5) is 0 Å². The highest BCUT2D eigenvalue weighted by atomic mass is 35.5. The molecule has 0 spiro atoms. The highest BCUT2D eigenvalue weighted by Gasteiger charge is 2.20. The molecule has 5 heteroatoms. The topological polar surface area (TPSA) is 46.2 Å². The van der Waals surface area contributed by atoms with Crippen LogP contribution in [0, 0.1) is 0 Å². The van der Waals surface area contributed by atoms with Gasteiger partial charge in [0.1, 0.15) is 0 Å². The van der Waals surface area contributed by atoms with Crippen LogP contribution in [0.3, 0.4) is 0 Å². The lowest BCUT2D eigenvalue weighted by Crippen LogP contribution is -2.29. The van der Waals surface area contributed by atoms with Crippen LogP contribution in [0.25, 0.3) is 0 Å². The molecule has 1 aromatic carbocycles. The third-order valence-electron chi connectivity index (χ3n) is 3.58. The van der Waals surface area contributed by atoms with Gasteiger partial charge in [-0.25, -0.2) is 8.42 Å². The highest BCUT2D eigenvalue weighted by molar-refractivity contribution is 7.91. The Hall–Kier alpha value is -0.580. The van der Waals surface area contributed by atoms with Crippen molar-refractivity contribution in [2.24, 2.45) is 0 Å². The van der Waals surface area contributed by atoms with Crippen molar-refractivity contribution in [3.05, 3.63) is 34.9 Å². The number of sulfone groups is 1. The summed E-state index contributed by atoms with van der Waals surface area (Å²) in [7, 11) is -3.00. The third kappa shape index (κ3) is 6.37. The van der Waals surface area contributed by atoms with Gasteiger partial charge in [0.15, 0.2) is 9.84 Å². The Morgan fingerprint density at radius 1 is 1.10 bits per heavy atom. The molecule has 1 aromatic rings. The lowest BCUT2D eigenvalue weighted by molar-refractivity contribution is 0.516. The van der Waals surface area contributed by atoms with Crippen LogP contribution in [-0.4, -0.2) is 32.0 Å². The highest BCUT2D eigenvalue weighted by Crippen LogP contribution is 2.22. The second-order valence-electron chi connectivity index (χ2n) is 6.02. The fourth-order valence-corrected chi connectivity index (χ4v) is 3.25. The molecule has 120 valence electrons. The molecule has 1 atom stereocenters. The van der Waals surface area contributed by atoms with Gasteiger partial charge in [0.25, 0.3) is 0 Å². The second-order valence-corrected chi connectivity index (χ2v) is 9.13. The molecule has 3 nitrogen and oxygen atoms in total. The summed E-state index contributed by atoms with van der Waals surface area (Å²) in [6, 6.07) is 8.06. The van der Waals surface area contributed by atoms with Gasteiger partial charge < -0.3 is 5.32 Å². The van der Waals surface area contributed by atoms with Crippen LogP contribution in [0.15, 0.2) is 24.3 Å². The van der Waals surface area contributed by atoms with Crippen molar-refractivity contribution in [3.8, 4) is 0 Å². The van der Waals surface area contributed by atoms with Gasteiger partial charge in [0.2, 0.25) is 0 Å². The molecular formula is C16H26ClNO2S. The molecule has 0 heterocycles. The Labute approximate surface area is 134 Å². The van der Waals surface area contributed by atoms with Crippen LogP contribution in [0.1, 0.15) is 45.6 Å². The molecule has 0 aliphatic heterocycles. The minimum Gasteiger partial charge on any atom is -0.314 e. The summed E-state index contributed by atoms with van der Waals surface area (Å²) < 4.78 is 24.0. The smallest absolute Gasteiger partial charge is 0.152 e. The van der Waals surface area contributed by atoms with Gasteiger partial charge in [-0.2, -0.15) is 0 Å². The van der Waals surface area contributed by atoms with Gasteiger partial charge in [-0.05, 0) is 43.9 Å². The van der Waals surface area contributed by atoms with Gasteiger partial charge in [0, 0.05) is 17.6 Å². The van der Waals surface area contributed by atoms with Gasteiger partial charge in [0.05, 0.1) is 11.0 Å². The van der Waals surface area contributed by atoms with E-state index in [1.165, 1.54) is 0 Å². The first-order chi connectivity index (χ1) is 9.72. The van der Waals surface area contributed by atoms with Gasteiger partial charge in [-0.1, -0.05) is 37.6 Å². The van der Waals surface area contributed by atoms with Crippen molar-refractivity contribution in [1.82, 2.24) is 5.32 Å². The monoisotopic (exact) mass is 331 g/mol. The maximum absolute atomic E-state index is 12.0. The fourth-order valence-electron chi connectivity index (χ4n) is 2.04. The van der Waals surface area contributed by atoms with Crippen molar-refractivity contribution in [2.75, 3.05) is 12.3 Å². The van der Waals surface area contributed by atoms with E-state index in [2.05, 4.69) is 19.2 Å². The van der Waals surface area contributed by atoms with Crippen molar-refractivity contribution in [1.29, 1.82) is 0 Å². The number of hydrogen-bond donors (Lipinski definition) is 1. The fraction of sp³-hybridized carbons (Fsp3) is 0.625. The summed E-state index contributed by atoms with van der Waals surface area (Å²) >= 11 is 5.92. The normalized spacial score (nSPS) is 13.9. The van der Waals surface area contributed by atoms with Gasteiger partial charge in [-0.15, -0.1) is 0 Å². The van der Waals surface area contributed by atoms with Crippen LogP contribution in [0.5, 0.6) is 0 Å².